The molecule has 3 atom stereocenters. The molecule has 1 N–H and O–H groups in total. The smallest absolute Gasteiger partial charge is 0.408 e. The van der Waals surface area contributed by atoms with E-state index in [1.54, 1.807) is 31.9 Å². The molecule has 0 unspecified atom stereocenters. The quantitative estimate of drug-likeness (QED) is 0.754. The molecule has 0 aromatic rings. The standard InChI is InChI=1S/C17H27N3O5/c1-17(2,3)25-16(23)19-12-10-18-9-5-6-11-7-8-13(15(22)24-4)20(11)14(12)21/h9,11-13H,5-8,10H2,1-4H3,(H,19,23)/b18-9-/t11-,12-,13-/m0/s1. The number of esters is 1. The average molecular weight is 353 g/mol. The first kappa shape index (κ1) is 19.2. The molecule has 2 heterocycles. The minimum atomic E-state index is -0.864. The maximum atomic E-state index is 13.0. The molecule has 2 amide bonds. The minimum absolute atomic E-state index is 0.0518. The largest absolute Gasteiger partial charge is 0.467 e. The SMILES string of the molecule is COC(=O)[C@@H]1CC[C@@H]2CC/C=N\C[C@H](NC(=O)OC(C)(C)C)C(=O)N21. The van der Waals surface area contributed by atoms with Gasteiger partial charge in [0.25, 0.3) is 0 Å². The van der Waals surface area contributed by atoms with Gasteiger partial charge < -0.3 is 19.7 Å². The molecule has 25 heavy (non-hydrogen) atoms. The van der Waals surface area contributed by atoms with Gasteiger partial charge >= 0.3 is 12.1 Å². The number of hydrogen-bond donors (Lipinski definition) is 1. The molecule has 8 nitrogen and oxygen atoms in total. The zero-order chi connectivity index (χ0) is 18.6. The summed E-state index contributed by atoms with van der Waals surface area (Å²) in [6, 6.07) is -1.52. The molecule has 2 rings (SSSR count). The Hall–Kier alpha value is -2.12. The number of nitrogens with one attached hydrogen (secondary N) is 1. The lowest BCUT2D eigenvalue weighted by Crippen LogP contribution is -2.55. The molecule has 0 spiro atoms. The van der Waals surface area contributed by atoms with Crippen LogP contribution in [0.5, 0.6) is 0 Å². The van der Waals surface area contributed by atoms with E-state index in [-0.39, 0.29) is 18.5 Å². The van der Waals surface area contributed by atoms with Crippen molar-refractivity contribution in [3.05, 3.63) is 0 Å². The third-order valence-electron chi connectivity index (χ3n) is 4.27. The molecule has 0 aromatic carbocycles. The summed E-state index contributed by atoms with van der Waals surface area (Å²) in [6.07, 6.45) is 3.86. The summed E-state index contributed by atoms with van der Waals surface area (Å²) in [5, 5.41) is 2.59. The molecular formula is C17H27N3O5. The number of nitrogens with zero attached hydrogens (tertiary/aromatic N) is 2. The number of aliphatic imine (C=N–C) groups is 1. The topological polar surface area (TPSA) is 97.3 Å². The fourth-order valence-electron chi connectivity index (χ4n) is 3.22. The van der Waals surface area contributed by atoms with E-state index in [4.69, 9.17) is 9.47 Å². The number of ether oxygens (including phenoxy) is 2. The Morgan fingerprint density at radius 2 is 2.00 bits per heavy atom. The second kappa shape index (κ2) is 7.84. The summed E-state index contributed by atoms with van der Waals surface area (Å²) in [6.45, 7) is 5.37. The monoisotopic (exact) mass is 353 g/mol. The van der Waals surface area contributed by atoms with Gasteiger partial charge in [-0.05, 0) is 52.7 Å². The predicted octanol–water partition coefficient (Wildman–Crippen LogP) is 1.28. The van der Waals surface area contributed by atoms with E-state index in [0.29, 0.717) is 6.42 Å². The zero-order valence-corrected chi connectivity index (χ0v) is 15.3. The summed E-state index contributed by atoms with van der Waals surface area (Å²) < 4.78 is 10.1. The summed E-state index contributed by atoms with van der Waals surface area (Å²) in [4.78, 5) is 43.0. The summed E-state index contributed by atoms with van der Waals surface area (Å²) in [7, 11) is 1.32. The Bertz CT molecular complexity index is 555. The third-order valence-corrected chi connectivity index (χ3v) is 4.27. The van der Waals surface area contributed by atoms with Gasteiger partial charge in [-0.25, -0.2) is 9.59 Å². The summed E-state index contributed by atoms with van der Waals surface area (Å²) >= 11 is 0. The second-order valence-electron chi connectivity index (χ2n) is 7.34. The van der Waals surface area contributed by atoms with E-state index in [1.807, 2.05) is 0 Å². The lowest BCUT2D eigenvalue weighted by molar-refractivity contribution is -0.153. The van der Waals surface area contributed by atoms with Crippen LogP contribution >= 0.6 is 0 Å². The number of carbonyl (C=O) groups is 3. The van der Waals surface area contributed by atoms with Crippen LogP contribution in [-0.4, -0.2) is 66.5 Å². The molecule has 2 aliphatic heterocycles. The molecule has 1 fully saturated rings. The van der Waals surface area contributed by atoms with E-state index < -0.39 is 29.7 Å². The number of fused-ring (bicyclic) bond motifs is 1. The van der Waals surface area contributed by atoms with Crippen molar-refractivity contribution in [3.63, 3.8) is 0 Å². The van der Waals surface area contributed by atoms with Gasteiger partial charge in [-0.15, -0.1) is 0 Å². The lowest BCUT2D eigenvalue weighted by Gasteiger charge is -2.32. The first-order valence-electron chi connectivity index (χ1n) is 8.60. The highest BCUT2D eigenvalue weighted by molar-refractivity contribution is 5.91. The van der Waals surface area contributed by atoms with Crippen LogP contribution in [0, 0.1) is 0 Å². The van der Waals surface area contributed by atoms with Crippen LogP contribution in [0.1, 0.15) is 46.5 Å². The maximum absolute atomic E-state index is 13.0. The van der Waals surface area contributed by atoms with Crippen molar-refractivity contribution < 1.29 is 23.9 Å². The first-order valence-corrected chi connectivity index (χ1v) is 8.60. The molecule has 0 aromatic heterocycles. The highest BCUT2D eigenvalue weighted by Gasteiger charge is 2.44. The molecule has 0 radical (unpaired) electrons. The molecule has 2 aliphatic rings. The van der Waals surface area contributed by atoms with Gasteiger partial charge in [0.05, 0.1) is 13.7 Å². The van der Waals surface area contributed by atoms with E-state index in [9.17, 15) is 14.4 Å². The summed E-state index contributed by atoms with van der Waals surface area (Å²) in [5.41, 5.74) is -0.667. The Balaban J connectivity index is 2.19. The Morgan fingerprint density at radius 1 is 1.28 bits per heavy atom. The number of hydrogen-bond acceptors (Lipinski definition) is 6. The van der Waals surface area contributed by atoms with E-state index in [1.165, 1.54) is 7.11 Å². The third kappa shape index (κ3) is 4.93. The van der Waals surface area contributed by atoms with Gasteiger partial charge in [0, 0.05) is 6.04 Å². The molecule has 8 heteroatoms. The van der Waals surface area contributed by atoms with Crippen molar-refractivity contribution in [1.82, 2.24) is 10.2 Å². The maximum Gasteiger partial charge on any atom is 0.408 e. The van der Waals surface area contributed by atoms with Crippen LogP contribution in [0.2, 0.25) is 0 Å². The minimum Gasteiger partial charge on any atom is -0.467 e. The van der Waals surface area contributed by atoms with Gasteiger partial charge in [0.2, 0.25) is 5.91 Å². The molecule has 1 saturated heterocycles. The number of alkyl carbamates (subject to hydrolysis) is 1. The summed E-state index contributed by atoms with van der Waals surface area (Å²) in [5.74, 6) is -0.741. The van der Waals surface area contributed by atoms with Crippen molar-refractivity contribution in [1.29, 1.82) is 0 Å². The normalized spacial score (nSPS) is 28.2. The molecule has 0 saturated carbocycles. The fourth-order valence-corrected chi connectivity index (χ4v) is 3.22. The van der Waals surface area contributed by atoms with Crippen LogP contribution in [0.4, 0.5) is 4.79 Å². The van der Waals surface area contributed by atoms with Gasteiger partial charge in [-0.1, -0.05) is 0 Å². The average Bonchev–Trinajstić information content (AvgIpc) is 2.95. The molecule has 0 bridgehead atoms. The van der Waals surface area contributed by atoms with Crippen LogP contribution < -0.4 is 5.32 Å². The first-order chi connectivity index (χ1) is 11.7. The lowest BCUT2D eigenvalue weighted by atomic mass is 10.1. The van der Waals surface area contributed by atoms with Crippen molar-refractivity contribution in [2.75, 3.05) is 13.7 Å². The van der Waals surface area contributed by atoms with Crippen molar-refractivity contribution in [3.8, 4) is 0 Å². The van der Waals surface area contributed by atoms with Crippen molar-refractivity contribution >= 4 is 24.2 Å². The number of methoxy groups -OCH3 is 1. The van der Waals surface area contributed by atoms with E-state index in [0.717, 1.165) is 19.3 Å². The van der Waals surface area contributed by atoms with Crippen LogP contribution in [-0.2, 0) is 19.1 Å². The van der Waals surface area contributed by atoms with Crippen molar-refractivity contribution in [2.45, 2.75) is 70.2 Å². The fraction of sp³-hybridized carbons (Fsp3) is 0.765. The number of amides is 2. The van der Waals surface area contributed by atoms with Gasteiger partial charge in [-0.3, -0.25) is 9.79 Å². The number of rotatable bonds is 2. The Kier molecular flexibility index (Phi) is 6.02. The van der Waals surface area contributed by atoms with E-state index in [2.05, 4.69) is 10.3 Å². The highest BCUT2D eigenvalue weighted by Crippen LogP contribution is 2.29. The highest BCUT2D eigenvalue weighted by atomic mass is 16.6. The Labute approximate surface area is 147 Å². The van der Waals surface area contributed by atoms with Crippen LogP contribution in [0.25, 0.3) is 0 Å². The molecular weight excluding hydrogens is 326 g/mol. The zero-order valence-electron chi connectivity index (χ0n) is 15.3. The molecule has 0 aliphatic carbocycles. The second-order valence-corrected chi connectivity index (χ2v) is 7.34. The van der Waals surface area contributed by atoms with Gasteiger partial charge in [0.1, 0.15) is 17.7 Å². The van der Waals surface area contributed by atoms with Crippen LogP contribution in [0.15, 0.2) is 4.99 Å². The Morgan fingerprint density at radius 3 is 2.64 bits per heavy atom. The van der Waals surface area contributed by atoms with E-state index >= 15 is 0 Å². The van der Waals surface area contributed by atoms with Gasteiger partial charge in [0.15, 0.2) is 0 Å². The molecule has 140 valence electrons. The van der Waals surface area contributed by atoms with Crippen molar-refractivity contribution in [2.24, 2.45) is 4.99 Å². The predicted molar refractivity (Wildman–Crippen MR) is 91.4 cm³/mol. The number of carbonyl (C=O) groups excluding carboxylic acids is 3. The van der Waals surface area contributed by atoms with Crippen LogP contribution in [0.3, 0.4) is 0 Å². The van der Waals surface area contributed by atoms with Gasteiger partial charge in [-0.2, -0.15) is 0 Å².